The predicted molar refractivity (Wildman–Crippen MR) is 52.9 cm³/mol. The first-order valence-electron chi connectivity index (χ1n) is 4.49. The maximum Gasteiger partial charge on any atom is 0.163 e. The summed E-state index contributed by atoms with van der Waals surface area (Å²) in [5, 5.41) is 9.34. The second-order valence-corrected chi connectivity index (χ2v) is 3.18. The smallest absolute Gasteiger partial charge is 0.163 e. The van der Waals surface area contributed by atoms with Gasteiger partial charge in [0.2, 0.25) is 0 Å². The Morgan fingerprint density at radius 2 is 2.21 bits per heavy atom. The van der Waals surface area contributed by atoms with E-state index in [2.05, 4.69) is 0 Å². The number of hydrogen-bond donors (Lipinski definition) is 2. The first-order chi connectivity index (χ1) is 6.54. The third-order valence-corrected chi connectivity index (χ3v) is 1.98. The van der Waals surface area contributed by atoms with Crippen molar-refractivity contribution in [3.63, 3.8) is 0 Å². The van der Waals surface area contributed by atoms with E-state index >= 15 is 0 Å². The fourth-order valence-corrected chi connectivity index (χ4v) is 0.953. The minimum Gasteiger partial charge on any atom is -0.504 e. The van der Waals surface area contributed by atoms with E-state index in [9.17, 15) is 9.50 Å². The van der Waals surface area contributed by atoms with Gasteiger partial charge in [-0.3, -0.25) is 0 Å². The van der Waals surface area contributed by atoms with Crippen LogP contribution in [0.2, 0.25) is 0 Å². The lowest BCUT2D eigenvalue weighted by Gasteiger charge is -2.14. The Morgan fingerprint density at radius 3 is 2.79 bits per heavy atom. The van der Waals surface area contributed by atoms with Crippen molar-refractivity contribution >= 4 is 5.69 Å². The molecule has 0 aliphatic carbocycles. The molecule has 0 aliphatic rings. The number of nitrogen functional groups attached to an aromatic ring is 1. The number of hydrogen-bond acceptors (Lipinski definition) is 3. The highest BCUT2D eigenvalue weighted by molar-refractivity contribution is 5.52. The molecule has 78 valence electrons. The minimum atomic E-state index is -0.640. The maximum atomic E-state index is 12.8. The van der Waals surface area contributed by atoms with Crippen molar-refractivity contribution in [2.75, 3.05) is 5.73 Å². The van der Waals surface area contributed by atoms with Crippen LogP contribution < -0.4 is 10.5 Å². The molecule has 0 aliphatic heterocycles. The Bertz CT molecular complexity index is 328. The van der Waals surface area contributed by atoms with E-state index in [0.29, 0.717) is 0 Å². The molecule has 0 aromatic heterocycles. The van der Waals surface area contributed by atoms with Gasteiger partial charge in [-0.2, -0.15) is 0 Å². The fourth-order valence-electron chi connectivity index (χ4n) is 0.953. The number of phenolic OH excluding ortho intramolecular Hbond substituents is 1. The van der Waals surface area contributed by atoms with Crippen LogP contribution >= 0.6 is 0 Å². The van der Waals surface area contributed by atoms with E-state index in [1.54, 1.807) is 0 Å². The van der Waals surface area contributed by atoms with E-state index in [1.165, 1.54) is 6.07 Å². The van der Waals surface area contributed by atoms with Gasteiger partial charge in [-0.1, -0.05) is 6.92 Å². The van der Waals surface area contributed by atoms with Crippen molar-refractivity contribution in [3.05, 3.63) is 17.9 Å². The zero-order chi connectivity index (χ0) is 10.7. The SMILES string of the molecule is CCC(C)Oc1cc(N)c(F)cc1O. The highest BCUT2D eigenvalue weighted by Crippen LogP contribution is 2.31. The van der Waals surface area contributed by atoms with Crippen LogP contribution in [0.3, 0.4) is 0 Å². The summed E-state index contributed by atoms with van der Waals surface area (Å²) in [6, 6.07) is 2.24. The quantitative estimate of drug-likeness (QED) is 0.580. The Balaban J connectivity index is 2.92. The maximum absolute atomic E-state index is 12.8. The van der Waals surface area contributed by atoms with Gasteiger partial charge in [0.1, 0.15) is 5.82 Å². The summed E-state index contributed by atoms with van der Waals surface area (Å²) in [6.45, 7) is 3.81. The molecule has 1 unspecified atom stereocenters. The van der Waals surface area contributed by atoms with Crippen LogP contribution in [-0.4, -0.2) is 11.2 Å². The molecule has 0 saturated carbocycles. The summed E-state index contributed by atoms with van der Waals surface area (Å²) in [5.74, 6) is -0.644. The van der Waals surface area contributed by atoms with Crippen LogP contribution in [0.1, 0.15) is 20.3 Å². The van der Waals surface area contributed by atoms with Crippen LogP contribution in [0, 0.1) is 5.82 Å². The topological polar surface area (TPSA) is 55.5 Å². The summed E-state index contributed by atoms with van der Waals surface area (Å²) >= 11 is 0. The van der Waals surface area contributed by atoms with E-state index in [-0.39, 0.29) is 23.3 Å². The largest absolute Gasteiger partial charge is 0.504 e. The average Bonchev–Trinajstić information content (AvgIpc) is 2.14. The van der Waals surface area contributed by atoms with Gasteiger partial charge >= 0.3 is 0 Å². The highest BCUT2D eigenvalue weighted by atomic mass is 19.1. The molecule has 14 heavy (non-hydrogen) atoms. The summed E-state index contributed by atoms with van der Waals surface area (Å²) < 4.78 is 18.2. The van der Waals surface area contributed by atoms with Gasteiger partial charge in [-0.15, -0.1) is 0 Å². The van der Waals surface area contributed by atoms with Crippen molar-refractivity contribution in [1.82, 2.24) is 0 Å². The van der Waals surface area contributed by atoms with Crippen molar-refractivity contribution in [3.8, 4) is 11.5 Å². The lowest BCUT2D eigenvalue weighted by atomic mass is 10.2. The molecule has 1 aromatic rings. The lowest BCUT2D eigenvalue weighted by molar-refractivity contribution is 0.208. The summed E-state index contributed by atoms with van der Waals surface area (Å²) in [4.78, 5) is 0. The van der Waals surface area contributed by atoms with Gasteiger partial charge in [-0.05, 0) is 13.3 Å². The molecule has 0 radical (unpaired) electrons. The third kappa shape index (κ3) is 2.28. The predicted octanol–water partition coefficient (Wildman–Crippen LogP) is 2.29. The molecule has 0 bridgehead atoms. The van der Waals surface area contributed by atoms with Gasteiger partial charge in [0.15, 0.2) is 11.5 Å². The van der Waals surface area contributed by atoms with Gasteiger partial charge in [0.25, 0.3) is 0 Å². The molecule has 4 heteroatoms. The zero-order valence-corrected chi connectivity index (χ0v) is 8.25. The molecule has 1 rings (SSSR count). The molecule has 0 spiro atoms. The second-order valence-electron chi connectivity index (χ2n) is 3.18. The number of ether oxygens (including phenoxy) is 1. The molecular weight excluding hydrogens is 185 g/mol. The van der Waals surface area contributed by atoms with Gasteiger partial charge < -0.3 is 15.6 Å². The van der Waals surface area contributed by atoms with Gasteiger partial charge in [-0.25, -0.2) is 4.39 Å². The Morgan fingerprint density at radius 1 is 1.57 bits per heavy atom. The van der Waals surface area contributed by atoms with Crippen molar-refractivity contribution in [2.24, 2.45) is 0 Å². The molecule has 3 nitrogen and oxygen atoms in total. The van der Waals surface area contributed by atoms with Crippen molar-refractivity contribution in [2.45, 2.75) is 26.4 Å². The molecule has 1 aromatic carbocycles. The van der Waals surface area contributed by atoms with E-state index < -0.39 is 5.82 Å². The molecular formula is C10H14FNO2. The van der Waals surface area contributed by atoms with Gasteiger partial charge in [0, 0.05) is 12.1 Å². The standard InChI is InChI=1S/C10H14FNO2/c1-3-6(2)14-10-5-8(12)7(11)4-9(10)13/h4-6,13H,3,12H2,1-2H3. The number of aromatic hydroxyl groups is 1. The molecule has 1 atom stereocenters. The monoisotopic (exact) mass is 199 g/mol. The van der Waals surface area contributed by atoms with Crippen molar-refractivity contribution in [1.29, 1.82) is 0 Å². The number of phenols is 1. The normalized spacial score (nSPS) is 12.5. The average molecular weight is 199 g/mol. The first kappa shape index (κ1) is 10.6. The van der Waals surface area contributed by atoms with E-state index in [4.69, 9.17) is 10.5 Å². The summed E-state index contributed by atoms with van der Waals surface area (Å²) in [5.41, 5.74) is 5.31. The number of rotatable bonds is 3. The van der Waals surface area contributed by atoms with E-state index in [1.807, 2.05) is 13.8 Å². The van der Waals surface area contributed by atoms with Crippen LogP contribution in [-0.2, 0) is 0 Å². The number of nitrogens with two attached hydrogens (primary N) is 1. The van der Waals surface area contributed by atoms with Gasteiger partial charge in [0.05, 0.1) is 11.8 Å². The van der Waals surface area contributed by atoms with Crippen LogP contribution in [0.15, 0.2) is 12.1 Å². The second kappa shape index (κ2) is 4.17. The van der Waals surface area contributed by atoms with E-state index in [0.717, 1.165) is 12.5 Å². The fraction of sp³-hybridized carbons (Fsp3) is 0.400. The number of halogens is 1. The summed E-state index contributed by atoms with van der Waals surface area (Å²) in [7, 11) is 0. The Labute approximate surface area is 82.3 Å². The van der Waals surface area contributed by atoms with Crippen molar-refractivity contribution < 1.29 is 14.2 Å². The first-order valence-corrected chi connectivity index (χ1v) is 4.49. The molecule has 0 amide bonds. The molecule has 0 saturated heterocycles. The molecule has 0 heterocycles. The Hall–Kier alpha value is -1.45. The number of anilines is 1. The number of benzene rings is 1. The zero-order valence-electron chi connectivity index (χ0n) is 8.25. The van der Waals surface area contributed by atoms with Crippen LogP contribution in [0.4, 0.5) is 10.1 Å². The Kier molecular flexibility index (Phi) is 3.17. The van der Waals surface area contributed by atoms with Crippen LogP contribution in [0.25, 0.3) is 0 Å². The third-order valence-electron chi connectivity index (χ3n) is 1.98. The summed E-state index contributed by atoms with van der Waals surface area (Å²) in [6.07, 6.45) is 0.766. The molecule has 0 fully saturated rings. The minimum absolute atomic E-state index is 0.0268. The van der Waals surface area contributed by atoms with Crippen LogP contribution in [0.5, 0.6) is 11.5 Å². The highest BCUT2D eigenvalue weighted by Gasteiger charge is 2.10. The lowest BCUT2D eigenvalue weighted by Crippen LogP contribution is -2.10. The molecule has 3 N–H and O–H groups in total.